The van der Waals surface area contributed by atoms with Crippen LogP contribution < -0.4 is 9.47 Å². The van der Waals surface area contributed by atoms with Gasteiger partial charge in [-0.2, -0.15) is 0 Å². The Bertz CT molecular complexity index is 737. The fraction of sp³-hybridized carbons (Fsp3) is 0.435. The minimum Gasteiger partial charge on any atom is -0.494 e. The van der Waals surface area contributed by atoms with E-state index in [4.69, 9.17) is 9.47 Å². The molecule has 2 aromatic carbocycles. The van der Waals surface area contributed by atoms with E-state index in [-0.39, 0.29) is 12.0 Å². The van der Waals surface area contributed by atoms with E-state index in [1.165, 1.54) is 5.56 Å². The van der Waals surface area contributed by atoms with Gasteiger partial charge in [0, 0.05) is 32.4 Å². The van der Waals surface area contributed by atoms with Gasteiger partial charge in [0.1, 0.15) is 17.6 Å². The lowest BCUT2D eigenvalue weighted by atomic mass is 10.1. The second-order valence-electron chi connectivity index (χ2n) is 7.23. The lowest BCUT2D eigenvalue weighted by molar-refractivity contribution is -0.133. The largest absolute Gasteiger partial charge is 0.494 e. The van der Waals surface area contributed by atoms with E-state index in [9.17, 15) is 4.79 Å². The monoisotopic (exact) mass is 367 g/mol. The van der Waals surface area contributed by atoms with Crippen molar-refractivity contribution in [3.63, 3.8) is 0 Å². The third-order valence-corrected chi connectivity index (χ3v) is 4.98. The molecule has 1 amide bonds. The fourth-order valence-electron chi connectivity index (χ4n) is 3.33. The number of benzene rings is 2. The van der Waals surface area contributed by atoms with Gasteiger partial charge in [0.25, 0.3) is 0 Å². The molecular formula is C23H29NO3. The van der Waals surface area contributed by atoms with Crippen molar-refractivity contribution in [2.75, 3.05) is 19.7 Å². The molecular weight excluding hydrogens is 338 g/mol. The Labute approximate surface area is 162 Å². The number of aryl methyl sites for hydroxylation is 2. The molecule has 1 aliphatic heterocycles. The number of hydrogen-bond donors (Lipinski definition) is 0. The molecule has 1 heterocycles. The molecule has 0 bridgehead atoms. The molecule has 0 aromatic heterocycles. The molecule has 0 saturated carbocycles. The van der Waals surface area contributed by atoms with Crippen LogP contribution in [-0.2, 0) is 4.79 Å². The minimum absolute atomic E-state index is 0.191. The van der Waals surface area contributed by atoms with Crippen molar-refractivity contribution in [1.29, 1.82) is 0 Å². The first kappa shape index (κ1) is 19.3. The van der Waals surface area contributed by atoms with Gasteiger partial charge < -0.3 is 14.4 Å². The number of ether oxygens (including phenoxy) is 2. The van der Waals surface area contributed by atoms with E-state index >= 15 is 0 Å². The highest BCUT2D eigenvalue weighted by Crippen LogP contribution is 2.24. The summed E-state index contributed by atoms with van der Waals surface area (Å²) < 4.78 is 11.8. The summed E-state index contributed by atoms with van der Waals surface area (Å²) in [5.74, 6) is 2.05. The second-order valence-corrected chi connectivity index (χ2v) is 7.23. The second kappa shape index (κ2) is 9.45. The normalized spacial score (nSPS) is 14.8. The quantitative estimate of drug-likeness (QED) is 0.675. The Morgan fingerprint density at radius 1 is 1.07 bits per heavy atom. The summed E-state index contributed by atoms with van der Waals surface area (Å²) in [5, 5.41) is 0. The van der Waals surface area contributed by atoms with Gasteiger partial charge in [0.05, 0.1) is 6.61 Å². The standard InChI is InChI=1S/C23H29NO3/c1-18-10-11-19(2)22(17-18)27-21-12-14-24(15-13-21)23(25)9-6-16-26-20-7-4-3-5-8-20/h3-5,7-8,10-11,17,21H,6,9,12-16H2,1-2H3. The van der Waals surface area contributed by atoms with Gasteiger partial charge in [-0.1, -0.05) is 30.3 Å². The average Bonchev–Trinajstić information content (AvgIpc) is 2.69. The molecule has 27 heavy (non-hydrogen) atoms. The van der Waals surface area contributed by atoms with E-state index in [0.29, 0.717) is 13.0 Å². The molecule has 0 N–H and O–H groups in total. The maximum Gasteiger partial charge on any atom is 0.222 e. The van der Waals surface area contributed by atoms with Crippen molar-refractivity contribution in [3.05, 3.63) is 59.7 Å². The molecule has 1 aliphatic rings. The summed E-state index contributed by atoms with van der Waals surface area (Å²) in [6, 6.07) is 16.0. The number of likely N-dealkylation sites (tertiary alicyclic amines) is 1. The molecule has 0 radical (unpaired) electrons. The molecule has 0 unspecified atom stereocenters. The predicted octanol–water partition coefficient (Wildman–Crippen LogP) is 4.53. The Morgan fingerprint density at radius 2 is 1.81 bits per heavy atom. The van der Waals surface area contributed by atoms with Gasteiger partial charge in [0.2, 0.25) is 5.91 Å². The third kappa shape index (κ3) is 5.75. The summed E-state index contributed by atoms with van der Waals surface area (Å²) in [7, 11) is 0. The van der Waals surface area contributed by atoms with Crippen molar-refractivity contribution in [2.24, 2.45) is 0 Å². The van der Waals surface area contributed by atoms with Crippen molar-refractivity contribution < 1.29 is 14.3 Å². The van der Waals surface area contributed by atoms with Crippen LogP contribution in [0.3, 0.4) is 0 Å². The molecule has 144 valence electrons. The summed E-state index contributed by atoms with van der Waals surface area (Å²) >= 11 is 0. The molecule has 1 fully saturated rings. The van der Waals surface area contributed by atoms with Crippen molar-refractivity contribution in [2.45, 2.75) is 45.6 Å². The third-order valence-electron chi connectivity index (χ3n) is 4.98. The minimum atomic E-state index is 0.191. The van der Waals surface area contributed by atoms with Crippen LogP contribution in [0, 0.1) is 13.8 Å². The Kier molecular flexibility index (Phi) is 6.74. The summed E-state index contributed by atoms with van der Waals surface area (Å²) in [6.07, 6.45) is 3.25. The predicted molar refractivity (Wildman–Crippen MR) is 107 cm³/mol. The topological polar surface area (TPSA) is 38.8 Å². The van der Waals surface area contributed by atoms with Gasteiger partial charge in [-0.3, -0.25) is 4.79 Å². The van der Waals surface area contributed by atoms with Crippen molar-refractivity contribution in [1.82, 2.24) is 4.90 Å². The van der Waals surface area contributed by atoms with Crippen LogP contribution >= 0.6 is 0 Å². The Hall–Kier alpha value is -2.49. The molecule has 0 aliphatic carbocycles. The maximum absolute atomic E-state index is 12.4. The van der Waals surface area contributed by atoms with Gasteiger partial charge >= 0.3 is 0 Å². The smallest absolute Gasteiger partial charge is 0.222 e. The zero-order valence-electron chi connectivity index (χ0n) is 16.3. The first-order valence-electron chi connectivity index (χ1n) is 9.81. The number of nitrogens with zero attached hydrogens (tertiary/aromatic N) is 1. The fourth-order valence-corrected chi connectivity index (χ4v) is 3.33. The van der Waals surface area contributed by atoms with Crippen LogP contribution in [0.5, 0.6) is 11.5 Å². The van der Waals surface area contributed by atoms with Gasteiger partial charge in [0.15, 0.2) is 0 Å². The van der Waals surface area contributed by atoms with E-state index < -0.39 is 0 Å². The maximum atomic E-state index is 12.4. The SMILES string of the molecule is Cc1ccc(C)c(OC2CCN(C(=O)CCCOc3ccccc3)CC2)c1. The molecule has 4 heteroatoms. The van der Waals surface area contributed by atoms with E-state index in [0.717, 1.165) is 49.4 Å². The van der Waals surface area contributed by atoms with E-state index in [1.54, 1.807) is 0 Å². The number of piperidine rings is 1. The number of para-hydroxylation sites is 1. The molecule has 4 nitrogen and oxygen atoms in total. The van der Waals surface area contributed by atoms with Crippen LogP contribution in [-0.4, -0.2) is 36.6 Å². The summed E-state index contributed by atoms with van der Waals surface area (Å²) in [5.41, 5.74) is 2.37. The number of carbonyl (C=O) groups is 1. The highest BCUT2D eigenvalue weighted by molar-refractivity contribution is 5.76. The first-order chi connectivity index (χ1) is 13.1. The number of rotatable bonds is 7. The molecule has 0 spiro atoms. The molecule has 2 aromatic rings. The van der Waals surface area contributed by atoms with Crippen LogP contribution in [0.25, 0.3) is 0 Å². The summed E-state index contributed by atoms with van der Waals surface area (Å²) in [6.45, 7) is 6.27. The lowest BCUT2D eigenvalue weighted by Crippen LogP contribution is -2.41. The van der Waals surface area contributed by atoms with Gasteiger partial charge in [-0.05, 0) is 49.6 Å². The molecule has 0 atom stereocenters. The first-order valence-corrected chi connectivity index (χ1v) is 9.81. The van der Waals surface area contributed by atoms with E-state index in [2.05, 4.69) is 32.0 Å². The Morgan fingerprint density at radius 3 is 2.56 bits per heavy atom. The average molecular weight is 367 g/mol. The highest BCUT2D eigenvalue weighted by atomic mass is 16.5. The number of amides is 1. The van der Waals surface area contributed by atoms with Crippen LogP contribution in [0.15, 0.2) is 48.5 Å². The summed E-state index contributed by atoms with van der Waals surface area (Å²) in [4.78, 5) is 14.4. The van der Waals surface area contributed by atoms with Crippen LogP contribution in [0.1, 0.15) is 36.8 Å². The van der Waals surface area contributed by atoms with Crippen molar-refractivity contribution >= 4 is 5.91 Å². The van der Waals surface area contributed by atoms with Gasteiger partial charge in [-0.15, -0.1) is 0 Å². The van der Waals surface area contributed by atoms with E-state index in [1.807, 2.05) is 35.2 Å². The van der Waals surface area contributed by atoms with Crippen molar-refractivity contribution in [3.8, 4) is 11.5 Å². The molecule has 3 rings (SSSR count). The number of hydrogen-bond acceptors (Lipinski definition) is 3. The zero-order chi connectivity index (χ0) is 19.1. The van der Waals surface area contributed by atoms with Crippen LogP contribution in [0.2, 0.25) is 0 Å². The molecule has 1 saturated heterocycles. The van der Waals surface area contributed by atoms with Crippen LogP contribution in [0.4, 0.5) is 0 Å². The lowest BCUT2D eigenvalue weighted by Gasteiger charge is -2.32. The van der Waals surface area contributed by atoms with Gasteiger partial charge in [-0.25, -0.2) is 0 Å². The zero-order valence-corrected chi connectivity index (χ0v) is 16.3. The highest BCUT2D eigenvalue weighted by Gasteiger charge is 2.24. The Balaban J connectivity index is 1.37. The number of carbonyl (C=O) groups excluding carboxylic acids is 1.